The molecular weight excluding hydrogens is 258 g/mol. The van der Waals surface area contributed by atoms with E-state index in [-0.39, 0.29) is 18.1 Å². The van der Waals surface area contributed by atoms with Gasteiger partial charge in [-0.05, 0) is 44.7 Å². The van der Waals surface area contributed by atoms with Crippen LogP contribution in [0.15, 0.2) is 12.1 Å². The van der Waals surface area contributed by atoms with E-state index in [0.717, 1.165) is 38.5 Å². The molecule has 1 aliphatic rings. The van der Waals surface area contributed by atoms with E-state index in [0.29, 0.717) is 6.42 Å². The minimum atomic E-state index is -0.323. The molecule has 4 heteroatoms. The van der Waals surface area contributed by atoms with Crippen LogP contribution in [-0.2, 0) is 11.2 Å². The molecule has 19 heavy (non-hydrogen) atoms. The molecule has 1 amide bonds. The SMILES string of the molecule is Cc1ccc(CCCC(=O)NC2(CO)CCCC2)s1. The number of hydrogen-bond donors (Lipinski definition) is 2. The molecule has 0 saturated heterocycles. The minimum absolute atomic E-state index is 0.0723. The van der Waals surface area contributed by atoms with Gasteiger partial charge in [0.05, 0.1) is 12.1 Å². The number of rotatable bonds is 6. The molecular formula is C15H23NO2S. The van der Waals surface area contributed by atoms with Gasteiger partial charge < -0.3 is 10.4 Å². The summed E-state index contributed by atoms with van der Waals surface area (Å²) in [7, 11) is 0. The van der Waals surface area contributed by atoms with Crippen LogP contribution in [0.25, 0.3) is 0 Å². The van der Waals surface area contributed by atoms with Gasteiger partial charge in [-0.2, -0.15) is 0 Å². The van der Waals surface area contributed by atoms with Crippen molar-refractivity contribution in [3.63, 3.8) is 0 Å². The molecule has 1 fully saturated rings. The third kappa shape index (κ3) is 4.05. The van der Waals surface area contributed by atoms with E-state index in [2.05, 4.69) is 24.4 Å². The van der Waals surface area contributed by atoms with Crippen molar-refractivity contribution in [2.45, 2.75) is 57.4 Å². The van der Waals surface area contributed by atoms with Gasteiger partial charge in [0.25, 0.3) is 0 Å². The highest BCUT2D eigenvalue weighted by atomic mass is 32.1. The largest absolute Gasteiger partial charge is 0.394 e. The van der Waals surface area contributed by atoms with E-state index >= 15 is 0 Å². The predicted octanol–water partition coefficient (Wildman–Crippen LogP) is 2.80. The van der Waals surface area contributed by atoms with Gasteiger partial charge in [0.15, 0.2) is 0 Å². The van der Waals surface area contributed by atoms with Gasteiger partial charge in [-0.25, -0.2) is 0 Å². The van der Waals surface area contributed by atoms with Crippen molar-refractivity contribution in [1.29, 1.82) is 0 Å². The van der Waals surface area contributed by atoms with Gasteiger partial charge in [0.2, 0.25) is 5.91 Å². The monoisotopic (exact) mass is 281 g/mol. The number of hydrogen-bond acceptors (Lipinski definition) is 3. The molecule has 0 spiro atoms. The fourth-order valence-electron chi connectivity index (χ4n) is 2.78. The lowest BCUT2D eigenvalue weighted by Crippen LogP contribution is -2.49. The Bertz CT molecular complexity index is 422. The van der Waals surface area contributed by atoms with Crippen LogP contribution >= 0.6 is 11.3 Å². The van der Waals surface area contributed by atoms with E-state index in [4.69, 9.17) is 0 Å². The van der Waals surface area contributed by atoms with E-state index < -0.39 is 0 Å². The second-order valence-electron chi connectivity index (χ2n) is 5.56. The minimum Gasteiger partial charge on any atom is -0.394 e. The van der Waals surface area contributed by atoms with Gasteiger partial charge >= 0.3 is 0 Å². The Labute approximate surface area is 119 Å². The van der Waals surface area contributed by atoms with Crippen LogP contribution in [0.4, 0.5) is 0 Å². The fraction of sp³-hybridized carbons (Fsp3) is 0.667. The first-order valence-corrected chi connectivity index (χ1v) is 7.92. The third-order valence-electron chi connectivity index (χ3n) is 3.89. The number of carbonyl (C=O) groups is 1. The Morgan fingerprint density at radius 2 is 2.16 bits per heavy atom. The second kappa shape index (κ2) is 6.53. The van der Waals surface area contributed by atoms with Gasteiger partial charge in [0, 0.05) is 16.2 Å². The first kappa shape index (κ1) is 14.5. The van der Waals surface area contributed by atoms with Gasteiger partial charge in [-0.15, -0.1) is 11.3 Å². The first-order chi connectivity index (χ1) is 9.13. The number of aliphatic hydroxyl groups is 1. The number of thiophene rings is 1. The van der Waals surface area contributed by atoms with Crippen molar-refractivity contribution >= 4 is 17.2 Å². The quantitative estimate of drug-likeness (QED) is 0.842. The zero-order chi connectivity index (χ0) is 13.7. The molecule has 0 radical (unpaired) electrons. The van der Waals surface area contributed by atoms with E-state index in [1.165, 1.54) is 9.75 Å². The van der Waals surface area contributed by atoms with E-state index in [1.807, 2.05) is 0 Å². The summed E-state index contributed by atoms with van der Waals surface area (Å²) in [5, 5.41) is 12.5. The van der Waals surface area contributed by atoms with Crippen LogP contribution in [-0.4, -0.2) is 23.2 Å². The van der Waals surface area contributed by atoms with Crippen LogP contribution < -0.4 is 5.32 Å². The van der Waals surface area contributed by atoms with Crippen molar-refractivity contribution in [3.8, 4) is 0 Å². The van der Waals surface area contributed by atoms with Crippen LogP contribution in [0.1, 0.15) is 48.3 Å². The molecule has 1 heterocycles. The Morgan fingerprint density at radius 1 is 1.42 bits per heavy atom. The average Bonchev–Trinajstić information content (AvgIpc) is 2.99. The molecule has 1 saturated carbocycles. The zero-order valence-electron chi connectivity index (χ0n) is 11.6. The summed E-state index contributed by atoms with van der Waals surface area (Å²) < 4.78 is 0. The molecule has 2 rings (SSSR count). The number of amides is 1. The Balaban J connectivity index is 1.72. The second-order valence-corrected chi connectivity index (χ2v) is 6.93. The first-order valence-electron chi connectivity index (χ1n) is 7.11. The highest BCUT2D eigenvalue weighted by molar-refractivity contribution is 7.11. The highest BCUT2D eigenvalue weighted by Crippen LogP contribution is 2.29. The molecule has 0 bridgehead atoms. The third-order valence-corrected chi connectivity index (χ3v) is 4.95. The molecule has 3 nitrogen and oxygen atoms in total. The van der Waals surface area contributed by atoms with Crippen molar-refractivity contribution in [2.24, 2.45) is 0 Å². The summed E-state index contributed by atoms with van der Waals surface area (Å²) in [6.45, 7) is 2.18. The highest BCUT2D eigenvalue weighted by Gasteiger charge is 2.34. The van der Waals surface area contributed by atoms with Crippen molar-refractivity contribution in [3.05, 3.63) is 21.9 Å². The van der Waals surface area contributed by atoms with Gasteiger partial charge in [-0.3, -0.25) is 4.79 Å². The number of nitrogens with one attached hydrogen (secondary N) is 1. The van der Waals surface area contributed by atoms with E-state index in [1.54, 1.807) is 11.3 Å². The maximum atomic E-state index is 11.9. The summed E-state index contributed by atoms with van der Waals surface area (Å²) in [5.41, 5.74) is -0.323. The molecule has 0 aromatic carbocycles. The van der Waals surface area contributed by atoms with Crippen molar-refractivity contribution < 1.29 is 9.90 Å². The van der Waals surface area contributed by atoms with E-state index in [9.17, 15) is 9.90 Å². The molecule has 1 aromatic heterocycles. The molecule has 0 aliphatic heterocycles. The Hall–Kier alpha value is -0.870. The lowest BCUT2D eigenvalue weighted by atomic mass is 9.98. The Kier molecular flexibility index (Phi) is 4.99. The van der Waals surface area contributed by atoms with Crippen molar-refractivity contribution in [1.82, 2.24) is 5.32 Å². The standard InChI is InChI=1S/C15H23NO2S/c1-12-7-8-13(19-12)5-4-6-14(18)16-15(11-17)9-2-3-10-15/h7-8,17H,2-6,9-11H2,1H3,(H,16,18). The lowest BCUT2D eigenvalue weighted by molar-refractivity contribution is -0.123. The summed E-state index contributed by atoms with van der Waals surface area (Å²) in [6, 6.07) is 4.27. The van der Waals surface area contributed by atoms with Crippen molar-refractivity contribution in [2.75, 3.05) is 6.61 Å². The topological polar surface area (TPSA) is 49.3 Å². The Morgan fingerprint density at radius 3 is 2.74 bits per heavy atom. The average molecular weight is 281 g/mol. The van der Waals surface area contributed by atoms with Crippen LogP contribution in [0, 0.1) is 6.92 Å². The van der Waals surface area contributed by atoms with Gasteiger partial charge in [0.1, 0.15) is 0 Å². The normalized spacial score (nSPS) is 17.6. The molecule has 0 atom stereocenters. The van der Waals surface area contributed by atoms with Crippen LogP contribution in [0.2, 0.25) is 0 Å². The number of carbonyl (C=O) groups excluding carboxylic acids is 1. The lowest BCUT2D eigenvalue weighted by Gasteiger charge is -2.27. The maximum absolute atomic E-state index is 11.9. The summed E-state index contributed by atoms with van der Waals surface area (Å²) in [6.07, 6.45) is 6.45. The molecule has 1 aliphatic carbocycles. The summed E-state index contributed by atoms with van der Waals surface area (Å²) in [5.74, 6) is 0.0872. The number of aliphatic hydroxyl groups excluding tert-OH is 1. The van der Waals surface area contributed by atoms with Crippen LogP contribution in [0.3, 0.4) is 0 Å². The smallest absolute Gasteiger partial charge is 0.220 e. The maximum Gasteiger partial charge on any atom is 0.220 e. The molecule has 2 N–H and O–H groups in total. The summed E-state index contributed by atoms with van der Waals surface area (Å²) in [4.78, 5) is 14.6. The molecule has 106 valence electrons. The fourth-order valence-corrected chi connectivity index (χ4v) is 3.71. The molecule has 0 unspecified atom stereocenters. The zero-order valence-corrected chi connectivity index (χ0v) is 12.4. The molecule has 1 aromatic rings. The summed E-state index contributed by atoms with van der Waals surface area (Å²) >= 11 is 1.80. The predicted molar refractivity (Wildman–Crippen MR) is 78.4 cm³/mol. The van der Waals surface area contributed by atoms with Gasteiger partial charge in [-0.1, -0.05) is 12.8 Å². The number of aryl methyl sites for hydroxylation is 2. The van der Waals surface area contributed by atoms with Crippen LogP contribution in [0.5, 0.6) is 0 Å².